The fourth-order valence-electron chi connectivity index (χ4n) is 4.54. The predicted molar refractivity (Wildman–Crippen MR) is 151 cm³/mol. The third kappa shape index (κ3) is 6.48. The molecule has 0 atom stereocenters. The lowest BCUT2D eigenvalue weighted by molar-refractivity contribution is 0.0788. The summed E-state index contributed by atoms with van der Waals surface area (Å²) in [5.74, 6) is 0.792. The van der Waals surface area contributed by atoms with E-state index in [1.807, 2.05) is 12.1 Å². The van der Waals surface area contributed by atoms with Crippen LogP contribution >= 0.6 is 0 Å². The van der Waals surface area contributed by atoms with Gasteiger partial charge in [-0.1, -0.05) is 18.2 Å². The molecule has 40 heavy (non-hydrogen) atoms. The van der Waals surface area contributed by atoms with E-state index in [0.29, 0.717) is 43.3 Å². The number of amides is 2. The van der Waals surface area contributed by atoms with E-state index in [4.69, 9.17) is 14.2 Å². The standard InChI is InChI=1S/C29H33N3O7S/c1-37-25-13-11-21(19-23(25)29(34)32-16-6-7-17-32)40(35,36)31-24-9-5-4-8-22(24)28(33)30-15-14-20-10-12-26(38-2)27(18-20)39-3/h4-5,8-13,18-19,31H,6-7,14-17H2,1-3H3,(H,30,33). The SMILES string of the molecule is COc1ccc(CCNC(=O)c2ccccc2NS(=O)(=O)c2ccc(OC)c(C(=O)N3CCCC3)c2)cc1OC. The fraction of sp³-hybridized carbons (Fsp3) is 0.310. The van der Waals surface area contributed by atoms with Crippen molar-refractivity contribution in [1.29, 1.82) is 0 Å². The Balaban J connectivity index is 1.49. The minimum absolute atomic E-state index is 0.112. The topological polar surface area (TPSA) is 123 Å². The molecule has 0 bridgehead atoms. The van der Waals surface area contributed by atoms with Crippen molar-refractivity contribution in [3.8, 4) is 17.2 Å². The highest BCUT2D eigenvalue weighted by atomic mass is 32.2. The van der Waals surface area contributed by atoms with Gasteiger partial charge in [0.25, 0.3) is 21.8 Å². The lowest BCUT2D eigenvalue weighted by atomic mass is 10.1. The van der Waals surface area contributed by atoms with Crippen LogP contribution in [0.1, 0.15) is 39.1 Å². The van der Waals surface area contributed by atoms with Crippen molar-refractivity contribution in [3.63, 3.8) is 0 Å². The summed E-state index contributed by atoms with van der Waals surface area (Å²) in [5.41, 5.74) is 1.40. The van der Waals surface area contributed by atoms with Crippen molar-refractivity contribution >= 4 is 27.5 Å². The Hall–Kier alpha value is -4.25. The van der Waals surface area contributed by atoms with Crippen molar-refractivity contribution in [1.82, 2.24) is 10.2 Å². The Kier molecular flexibility index (Phi) is 9.15. The number of hydrogen-bond acceptors (Lipinski definition) is 7. The van der Waals surface area contributed by atoms with E-state index in [0.717, 1.165) is 18.4 Å². The van der Waals surface area contributed by atoms with E-state index in [2.05, 4.69) is 10.0 Å². The molecule has 0 spiro atoms. The van der Waals surface area contributed by atoms with Crippen molar-refractivity contribution in [3.05, 3.63) is 77.4 Å². The van der Waals surface area contributed by atoms with Crippen LogP contribution in [-0.4, -0.2) is 66.1 Å². The highest BCUT2D eigenvalue weighted by molar-refractivity contribution is 7.92. The first-order valence-corrected chi connectivity index (χ1v) is 14.3. The first kappa shape index (κ1) is 28.8. The maximum atomic E-state index is 13.4. The van der Waals surface area contributed by atoms with Gasteiger partial charge in [0.1, 0.15) is 5.75 Å². The van der Waals surface area contributed by atoms with Crippen LogP contribution in [-0.2, 0) is 16.4 Å². The molecule has 3 aromatic carbocycles. The van der Waals surface area contributed by atoms with Crippen molar-refractivity contribution in [2.45, 2.75) is 24.2 Å². The lowest BCUT2D eigenvalue weighted by Gasteiger charge is -2.18. The number of sulfonamides is 1. The van der Waals surface area contributed by atoms with E-state index in [1.54, 1.807) is 43.4 Å². The molecule has 3 aromatic rings. The first-order chi connectivity index (χ1) is 19.3. The van der Waals surface area contributed by atoms with Gasteiger partial charge in [-0.15, -0.1) is 0 Å². The number of ether oxygens (including phenoxy) is 3. The highest BCUT2D eigenvalue weighted by Crippen LogP contribution is 2.29. The number of benzene rings is 3. The molecule has 1 saturated heterocycles. The molecule has 1 heterocycles. The van der Waals surface area contributed by atoms with Gasteiger partial charge < -0.3 is 24.4 Å². The third-order valence-corrected chi connectivity index (χ3v) is 8.03. The van der Waals surface area contributed by atoms with Crippen LogP contribution in [0.5, 0.6) is 17.2 Å². The van der Waals surface area contributed by atoms with Crippen LogP contribution < -0.4 is 24.2 Å². The number of anilines is 1. The molecule has 0 saturated carbocycles. The second kappa shape index (κ2) is 12.7. The number of nitrogens with zero attached hydrogens (tertiary/aromatic N) is 1. The molecule has 212 valence electrons. The van der Waals surface area contributed by atoms with Crippen LogP contribution in [0, 0.1) is 0 Å². The van der Waals surface area contributed by atoms with Gasteiger partial charge in [0, 0.05) is 19.6 Å². The van der Waals surface area contributed by atoms with Gasteiger partial charge in [-0.05, 0) is 67.3 Å². The van der Waals surface area contributed by atoms with Gasteiger partial charge in [0.2, 0.25) is 0 Å². The lowest BCUT2D eigenvalue weighted by Crippen LogP contribution is -2.28. The molecule has 0 unspecified atom stereocenters. The summed E-state index contributed by atoms with van der Waals surface area (Å²) in [5, 5.41) is 2.84. The van der Waals surface area contributed by atoms with Crippen LogP contribution in [0.2, 0.25) is 0 Å². The van der Waals surface area contributed by atoms with Crippen LogP contribution in [0.15, 0.2) is 65.6 Å². The zero-order valence-corrected chi connectivity index (χ0v) is 23.5. The van der Waals surface area contributed by atoms with Crippen LogP contribution in [0.3, 0.4) is 0 Å². The van der Waals surface area contributed by atoms with Crippen molar-refractivity contribution in [2.24, 2.45) is 0 Å². The second-order valence-electron chi connectivity index (χ2n) is 9.21. The summed E-state index contributed by atoms with van der Waals surface area (Å²) in [4.78, 5) is 27.6. The molecule has 2 N–H and O–H groups in total. The van der Waals surface area contributed by atoms with E-state index in [-0.39, 0.29) is 27.6 Å². The average Bonchev–Trinajstić information content (AvgIpc) is 3.51. The van der Waals surface area contributed by atoms with Gasteiger partial charge in [0.05, 0.1) is 43.0 Å². The van der Waals surface area contributed by atoms with Gasteiger partial charge in [-0.25, -0.2) is 8.42 Å². The summed E-state index contributed by atoms with van der Waals surface area (Å²) in [6, 6.07) is 16.0. The van der Waals surface area contributed by atoms with Gasteiger partial charge in [-0.3, -0.25) is 14.3 Å². The molecule has 0 aromatic heterocycles. The number of rotatable bonds is 11. The molecular weight excluding hydrogens is 534 g/mol. The van der Waals surface area contributed by atoms with Gasteiger partial charge in [-0.2, -0.15) is 0 Å². The normalized spacial score (nSPS) is 13.0. The Bertz CT molecular complexity index is 1480. The Morgan fingerprint density at radius 3 is 2.20 bits per heavy atom. The minimum atomic E-state index is -4.13. The van der Waals surface area contributed by atoms with E-state index >= 15 is 0 Å². The number of methoxy groups -OCH3 is 3. The molecule has 0 radical (unpaired) electrons. The van der Waals surface area contributed by atoms with Gasteiger partial charge >= 0.3 is 0 Å². The molecule has 1 fully saturated rings. The third-order valence-electron chi connectivity index (χ3n) is 6.67. The zero-order chi connectivity index (χ0) is 28.7. The Morgan fingerprint density at radius 1 is 0.825 bits per heavy atom. The van der Waals surface area contributed by atoms with E-state index in [1.165, 1.54) is 31.4 Å². The Labute approximate surface area is 234 Å². The molecular formula is C29H33N3O7S. The number of hydrogen-bond donors (Lipinski definition) is 2. The largest absolute Gasteiger partial charge is 0.496 e. The summed E-state index contributed by atoms with van der Waals surface area (Å²) in [7, 11) is 0.415. The number of carbonyl (C=O) groups excluding carboxylic acids is 2. The quantitative estimate of drug-likeness (QED) is 0.362. The van der Waals surface area contributed by atoms with E-state index in [9.17, 15) is 18.0 Å². The van der Waals surface area contributed by atoms with E-state index < -0.39 is 15.9 Å². The molecule has 1 aliphatic rings. The maximum absolute atomic E-state index is 13.4. The fourth-order valence-corrected chi connectivity index (χ4v) is 5.64. The van der Waals surface area contributed by atoms with Crippen LogP contribution in [0.25, 0.3) is 0 Å². The average molecular weight is 568 g/mol. The molecule has 11 heteroatoms. The second-order valence-corrected chi connectivity index (χ2v) is 10.9. The number of carbonyl (C=O) groups is 2. The monoisotopic (exact) mass is 567 g/mol. The maximum Gasteiger partial charge on any atom is 0.261 e. The minimum Gasteiger partial charge on any atom is -0.496 e. The Morgan fingerprint density at radius 2 is 1.50 bits per heavy atom. The van der Waals surface area contributed by atoms with Crippen molar-refractivity contribution in [2.75, 3.05) is 45.7 Å². The summed E-state index contributed by atoms with van der Waals surface area (Å²) in [6.07, 6.45) is 2.33. The zero-order valence-electron chi connectivity index (χ0n) is 22.7. The smallest absolute Gasteiger partial charge is 0.261 e. The predicted octanol–water partition coefficient (Wildman–Crippen LogP) is 3.72. The summed E-state index contributed by atoms with van der Waals surface area (Å²) < 4.78 is 45.1. The highest BCUT2D eigenvalue weighted by Gasteiger charge is 2.26. The molecule has 4 rings (SSSR count). The molecule has 10 nitrogen and oxygen atoms in total. The van der Waals surface area contributed by atoms with Crippen LogP contribution in [0.4, 0.5) is 5.69 Å². The van der Waals surface area contributed by atoms with Crippen molar-refractivity contribution < 1.29 is 32.2 Å². The number of likely N-dealkylation sites (tertiary alicyclic amines) is 1. The first-order valence-electron chi connectivity index (χ1n) is 12.9. The number of para-hydroxylation sites is 1. The van der Waals surface area contributed by atoms with Gasteiger partial charge in [0.15, 0.2) is 11.5 Å². The summed E-state index contributed by atoms with van der Waals surface area (Å²) >= 11 is 0. The molecule has 0 aliphatic carbocycles. The molecule has 1 aliphatic heterocycles. The summed E-state index contributed by atoms with van der Waals surface area (Å²) in [6.45, 7) is 1.55. The molecule has 2 amide bonds. The number of nitrogens with one attached hydrogen (secondary N) is 2.